The lowest BCUT2D eigenvalue weighted by molar-refractivity contribution is -0.0635. The summed E-state index contributed by atoms with van der Waals surface area (Å²) in [6.07, 6.45) is 7.11. The molecule has 190 valence electrons. The van der Waals surface area contributed by atoms with Crippen LogP contribution in [0.1, 0.15) is 17.2 Å². The topological polar surface area (TPSA) is 110 Å². The molecule has 0 unspecified atom stereocenters. The standard InChI is InChI=1S/C27H22Cl2N8O/c28-18-4-1-5-19(7-18)33-25-17(10-30)12-32-27-22(25)8-20(9-23(27)29)34-26(16-3-2-6-31-11-16)24-13-37(36-35-24)21-14-38-15-21/h1-9,11-13,21,26,34-36H,14-15H2,(H,32,33)/t26-/m0/s1. The van der Waals surface area contributed by atoms with E-state index < -0.39 is 0 Å². The van der Waals surface area contributed by atoms with Gasteiger partial charge in [0, 0.05) is 46.6 Å². The Morgan fingerprint density at radius 2 is 2.00 bits per heavy atom. The van der Waals surface area contributed by atoms with Crippen molar-refractivity contribution < 1.29 is 4.74 Å². The summed E-state index contributed by atoms with van der Waals surface area (Å²) < 4.78 is 5.34. The second kappa shape index (κ2) is 10.4. The molecule has 0 saturated carbocycles. The average molecular weight is 545 g/mol. The van der Waals surface area contributed by atoms with Gasteiger partial charge in [0.05, 0.1) is 52.8 Å². The van der Waals surface area contributed by atoms with E-state index in [0.29, 0.717) is 45.4 Å². The molecule has 2 aliphatic heterocycles. The normalized spacial score (nSPS) is 15.8. The molecule has 1 fully saturated rings. The maximum Gasteiger partial charge on any atom is 0.103 e. The van der Waals surface area contributed by atoms with E-state index in [1.807, 2.05) is 53.8 Å². The number of nitriles is 1. The highest BCUT2D eigenvalue weighted by atomic mass is 35.5. The zero-order valence-corrected chi connectivity index (χ0v) is 21.5. The van der Waals surface area contributed by atoms with Crippen LogP contribution in [0.15, 0.2) is 79.0 Å². The molecule has 6 rings (SSSR count). The van der Waals surface area contributed by atoms with Crippen molar-refractivity contribution in [2.24, 2.45) is 0 Å². The van der Waals surface area contributed by atoms with Gasteiger partial charge in [-0.15, -0.1) is 5.53 Å². The molecule has 2 aromatic heterocycles. The molecule has 9 nitrogen and oxygen atoms in total. The van der Waals surface area contributed by atoms with Crippen LogP contribution in [-0.4, -0.2) is 34.2 Å². The molecular weight excluding hydrogens is 523 g/mol. The number of hydrazine groups is 2. The molecule has 0 bridgehead atoms. The molecule has 0 amide bonds. The van der Waals surface area contributed by atoms with Gasteiger partial charge in [0.15, 0.2) is 0 Å². The van der Waals surface area contributed by atoms with E-state index in [1.165, 1.54) is 6.20 Å². The zero-order chi connectivity index (χ0) is 26.1. The van der Waals surface area contributed by atoms with Gasteiger partial charge >= 0.3 is 0 Å². The SMILES string of the molecule is N#Cc1cnc2c(Cl)cc(N[C@H](C3=CN(C4COC4)NN3)c3cccnc3)cc2c1Nc1cccc(Cl)c1. The minimum absolute atomic E-state index is 0.264. The molecule has 0 spiro atoms. The molecule has 1 atom stereocenters. The molecule has 2 aliphatic rings. The summed E-state index contributed by atoms with van der Waals surface area (Å²) in [5, 5.41) is 20.5. The number of fused-ring (bicyclic) bond motifs is 1. The van der Waals surface area contributed by atoms with Crippen LogP contribution >= 0.6 is 23.2 Å². The van der Waals surface area contributed by atoms with Gasteiger partial charge in [-0.3, -0.25) is 15.0 Å². The van der Waals surface area contributed by atoms with Crippen LogP contribution in [0.5, 0.6) is 0 Å². The lowest BCUT2D eigenvalue weighted by atomic mass is 10.0. The molecule has 38 heavy (non-hydrogen) atoms. The van der Waals surface area contributed by atoms with Gasteiger partial charge in [0.25, 0.3) is 0 Å². The van der Waals surface area contributed by atoms with E-state index >= 15 is 0 Å². The van der Waals surface area contributed by atoms with Gasteiger partial charge in [-0.25, -0.2) is 0 Å². The van der Waals surface area contributed by atoms with Crippen molar-refractivity contribution in [2.75, 3.05) is 23.8 Å². The fraction of sp³-hybridized carbons (Fsp3) is 0.148. The number of nitrogens with zero attached hydrogens (tertiary/aromatic N) is 4. The van der Waals surface area contributed by atoms with Crippen LogP contribution in [0.2, 0.25) is 10.0 Å². The quantitative estimate of drug-likeness (QED) is 0.247. The first kappa shape index (κ1) is 24.3. The number of hydrogen-bond donors (Lipinski definition) is 4. The number of hydrogen-bond acceptors (Lipinski definition) is 9. The molecule has 0 radical (unpaired) electrons. The summed E-state index contributed by atoms with van der Waals surface area (Å²) in [4.78, 5) is 8.78. The fourth-order valence-electron chi connectivity index (χ4n) is 4.40. The summed E-state index contributed by atoms with van der Waals surface area (Å²) >= 11 is 12.9. The van der Waals surface area contributed by atoms with E-state index in [2.05, 4.69) is 37.6 Å². The molecule has 4 aromatic rings. The number of rotatable bonds is 7. The number of nitrogens with one attached hydrogen (secondary N) is 4. The van der Waals surface area contributed by atoms with E-state index in [9.17, 15) is 5.26 Å². The maximum atomic E-state index is 9.83. The van der Waals surface area contributed by atoms with E-state index in [-0.39, 0.29) is 12.1 Å². The first-order valence-electron chi connectivity index (χ1n) is 11.9. The number of halogens is 2. The van der Waals surface area contributed by atoms with Gasteiger partial charge < -0.3 is 20.8 Å². The van der Waals surface area contributed by atoms with E-state index in [4.69, 9.17) is 27.9 Å². The van der Waals surface area contributed by atoms with Gasteiger partial charge in [0.1, 0.15) is 6.07 Å². The Morgan fingerprint density at radius 3 is 2.74 bits per heavy atom. The number of pyridine rings is 2. The minimum Gasteiger partial charge on any atom is -0.377 e. The van der Waals surface area contributed by atoms with Crippen molar-refractivity contribution >= 4 is 51.2 Å². The highest BCUT2D eigenvalue weighted by Gasteiger charge is 2.30. The third-order valence-electron chi connectivity index (χ3n) is 6.40. The second-order valence-corrected chi connectivity index (χ2v) is 9.78. The number of ether oxygens (including phenoxy) is 1. The van der Waals surface area contributed by atoms with Crippen molar-refractivity contribution in [3.05, 3.63) is 100 Å². The zero-order valence-electron chi connectivity index (χ0n) is 20.0. The number of aromatic nitrogens is 2. The number of anilines is 3. The first-order chi connectivity index (χ1) is 18.6. The van der Waals surface area contributed by atoms with Crippen LogP contribution in [0, 0.1) is 11.3 Å². The highest BCUT2D eigenvalue weighted by molar-refractivity contribution is 6.36. The van der Waals surface area contributed by atoms with E-state index in [0.717, 1.165) is 22.6 Å². The maximum absolute atomic E-state index is 9.83. The molecular formula is C27H22Cl2N8O. The summed E-state index contributed by atoms with van der Waals surface area (Å²) in [5.74, 6) is 0. The van der Waals surface area contributed by atoms with Crippen LogP contribution in [0.3, 0.4) is 0 Å². The van der Waals surface area contributed by atoms with Gasteiger partial charge in [0.2, 0.25) is 0 Å². The molecule has 2 aromatic carbocycles. The Bertz CT molecular complexity index is 1570. The van der Waals surface area contributed by atoms with Crippen molar-refractivity contribution in [1.29, 1.82) is 5.26 Å². The van der Waals surface area contributed by atoms with Gasteiger partial charge in [-0.1, -0.05) is 35.3 Å². The molecule has 0 aliphatic carbocycles. The summed E-state index contributed by atoms with van der Waals surface area (Å²) in [6, 6.07) is 17.2. The van der Waals surface area contributed by atoms with Gasteiger partial charge in [-0.05, 0) is 42.0 Å². The monoisotopic (exact) mass is 544 g/mol. The Kier molecular flexibility index (Phi) is 6.62. The summed E-state index contributed by atoms with van der Waals surface area (Å²) in [7, 11) is 0. The average Bonchev–Trinajstić information content (AvgIpc) is 3.36. The van der Waals surface area contributed by atoms with Crippen molar-refractivity contribution in [1.82, 2.24) is 25.9 Å². The molecule has 4 N–H and O–H groups in total. The largest absolute Gasteiger partial charge is 0.377 e. The van der Waals surface area contributed by atoms with Gasteiger partial charge in [-0.2, -0.15) is 5.26 Å². The Morgan fingerprint density at radius 1 is 1.11 bits per heavy atom. The Hall–Kier alpha value is -4.07. The summed E-state index contributed by atoms with van der Waals surface area (Å²) in [6.45, 7) is 1.33. The van der Waals surface area contributed by atoms with Crippen LogP contribution in [0.4, 0.5) is 17.1 Å². The second-order valence-electron chi connectivity index (χ2n) is 8.93. The van der Waals surface area contributed by atoms with Crippen molar-refractivity contribution in [3.63, 3.8) is 0 Å². The van der Waals surface area contributed by atoms with Crippen LogP contribution in [0.25, 0.3) is 10.9 Å². The smallest absolute Gasteiger partial charge is 0.103 e. The third-order valence-corrected chi connectivity index (χ3v) is 6.92. The van der Waals surface area contributed by atoms with Crippen molar-refractivity contribution in [3.8, 4) is 6.07 Å². The third kappa shape index (κ3) is 4.78. The Labute approximate surface area is 229 Å². The predicted octanol–water partition coefficient (Wildman–Crippen LogP) is 5.27. The highest BCUT2D eigenvalue weighted by Crippen LogP contribution is 2.37. The van der Waals surface area contributed by atoms with E-state index in [1.54, 1.807) is 18.3 Å². The molecule has 1 saturated heterocycles. The summed E-state index contributed by atoms with van der Waals surface area (Å²) in [5.41, 5.74) is 11.4. The van der Waals surface area contributed by atoms with Crippen LogP contribution in [-0.2, 0) is 4.74 Å². The first-order valence-corrected chi connectivity index (χ1v) is 12.7. The predicted molar refractivity (Wildman–Crippen MR) is 148 cm³/mol. The lowest BCUT2D eigenvalue weighted by Crippen LogP contribution is -2.52. The number of benzene rings is 2. The molecule has 11 heteroatoms. The minimum atomic E-state index is -0.271. The molecule has 4 heterocycles. The van der Waals surface area contributed by atoms with Crippen LogP contribution < -0.4 is 21.6 Å². The Balaban J connectivity index is 1.41. The van der Waals surface area contributed by atoms with Crippen molar-refractivity contribution in [2.45, 2.75) is 12.1 Å². The lowest BCUT2D eigenvalue weighted by Gasteiger charge is -2.33. The fourth-order valence-corrected chi connectivity index (χ4v) is 4.86.